The Labute approximate surface area is 169 Å². The van der Waals surface area contributed by atoms with Crippen LogP contribution in [0.1, 0.15) is 10.9 Å². The number of benzene rings is 2. The summed E-state index contributed by atoms with van der Waals surface area (Å²) in [4.78, 5) is 14.4. The second kappa shape index (κ2) is 8.73. The van der Waals surface area contributed by atoms with E-state index in [-0.39, 0.29) is 11.1 Å². The number of amides is 2. The fourth-order valence-electron chi connectivity index (χ4n) is 2.94. The molecule has 0 radical (unpaired) electrons. The van der Waals surface area contributed by atoms with Gasteiger partial charge in [0.2, 0.25) is 0 Å². The molecule has 1 atom stereocenters. The van der Waals surface area contributed by atoms with Crippen LogP contribution in [0.25, 0.3) is 0 Å². The molecular weight excluding hydrogens is 409 g/mol. The smallest absolute Gasteiger partial charge is 0.497 e. The van der Waals surface area contributed by atoms with Crippen LogP contribution in [0.3, 0.4) is 0 Å². The van der Waals surface area contributed by atoms with Crippen LogP contribution in [0.5, 0.6) is 17.2 Å². The number of anilines is 1. The van der Waals surface area contributed by atoms with Gasteiger partial charge in [-0.2, -0.15) is 0 Å². The number of hydrogen-bond donors (Lipinski definition) is 1. The summed E-state index contributed by atoms with van der Waals surface area (Å²) in [6, 6.07) is 10.1. The molecule has 0 aromatic heterocycles. The van der Waals surface area contributed by atoms with Gasteiger partial charge in [-0.1, -0.05) is 12.1 Å². The Balaban J connectivity index is 1.84. The molecule has 29 heavy (non-hydrogen) atoms. The van der Waals surface area contributed by atoms with Crippen LogP contribution in [0, 0.1) is 0 Å². The van der Waals surface area contributed by atoms with Gasteiger partial charge < -0.3 is 24.4 Å². The molecule has 1 fully saturated rings. The third-order valence-corrected chi connectivity index (χ3v) is 5.45. The lowest BCUT2D eigenvalue weighted by Crippen LogP contribution is -2.34. The Morgan fingerprint density at radius 2 is 1.90 bits per heavy atom. The summed E-state index contributed by atoms with van der Waals surface area (Å²) in [5.41, 5.74) is 0.674. The van der Waals surface area contributed by atoms with Crippen molar-refractivity contribution in [2.45, 2.75) is 11.7 Å². The first-order valence-corrected chi connectivity index (χ1v) is 9.63. The summed E-state index contributed by atoms with van der Waals surface area (Å²) in [6.07, 6.45) is -4.86. The van der Waals surface area contributed by atoms with Crippen LogP contribution < -0.4 is 19.5 Å². The van der Waals surface area contributed by atoms with E-state index in [1.54, 1.807) is 18.2 Å². The summed E-state index contributed by atoms with van der Waals surface area (Å²) in [6.45, 7) is 0.420. The van der Waals surface area contributed by atoms with Crippen molar-refractivity contribution in [3.63, 3.8) is 0 Å². The van der Waals surface area contributed by atoms with Gasteiger partial charge in [0.1, 0.15) is 16.9 Å². The topological polar surface area (TPSA) is 60.0 Å². The van der Waals surface area contributed by atoms with Gasteiger partial charge >= 0.3 is 12.4 Å². The van der Waals surface area contributed by atoms with Gasteiger partial charge in [0.25, 0.3) is 0 Å². The molecule has 0 spiro atoms. The summed E-state index contributed by atoms with van der Waals surface area (Å²) in [5.74, 6) is 1.39. The number of para-hydroxylation sites is 2. The van der Waals surface area contributed by atoms with Crippen molar-refractivity contribution in [1.29, 1.82) is 0 Å². The number of alkyl halides is 3. The van der Waals surface area contributed by atoms with Crippen LogP contribution in [0.4, 0.5) is 23.7 Å². The highest BCUT2D eigenvalue weighted by molar-refractivity contribution is 7.99. The number of nitrogens with one attached hydrogen (secondary N) is 1. The predicted molar refractivity (Wildman–Crippen MR) is 104 cm³/mol. The van der Waals surface area contributed by atoms with Gasteiger partial charge in [-0.3, -0.25) is 0 Å². The number of carbonyl (C=O) groups excluding carboxylic acids is 1. The average molecular weight is 428 g/mol. The molecule has 0 saturated carbocycles. The molecule has 2 amide bonds. The molecule has 0 bridgehead atoms. The van der Waals surface area contributed by atoms with Crippen molar-refractivity contribution in [3.8, 4) is 17.2 Å². The molecule has 1 saturated heterocycles. The maximum absolute atomic E-state index is 12.9. The second-order valence-corrected chi connectivity index (χ2v) is 7.19. The fraction of sp³-hybridized carbons (Fsp3) is 0.316. The highest BCUT2D eigenvalue weighted by Gasteiger charge is 2.35. The molecule has 156 valence electrons. The molecule has 1 N–H and O–H groups in total. The van der Waals surface area contributed by atoms with Crippen molar-refractivity contribution in [2.75, 3.05) is 31.8 Å². The minimum Gasteiger partial charge on any atom is -0.497 e. The SMILES string of the molecule is COc1ccc(OC)c(C2SCCN2C(=O)Nc2ccccc2OC(F)(F)F)c1. The van der Waals surface area contributed by atoms with Crippen molar-refractivity contribution < 1.29 is 32.2 Å². The van der Waals surface area contributed by atoms with Gasteiger partial charge in [-0.25, -0.2) is 4.79 Å². The quantitative estimate of drug-likeness (QED) is 0.736. The summed E-state index contributed by atoms with van der Waals surface area (Å²) < 4.78 is 52.5. The van der Waals surface area contributed by atoms with Gasteiger partial charge in [-0.15, -0.1) is 24.9 Å². The zero-order valence-corrected chi connectivity index (χ0v) is 16.5. The van der Waals surface area contributed by atoms with Crippen LogP contribution >= 0.6 is 11.8 Å². The number of thioether (sulfide) groups is 1. The number of rotatable bonds is 5. The zero-order valence-electron chi connectivity index (χ0n) is 15.7. The molecule has 1 unspecified atom stereocenters. The largest absolute Gasteiger partial charge is 0.573 e. The Morgan fingerprint density at radius 1 is 1.14 bits per heavy atom. The van der Waals surface area contributed by atoms with E-state index in [0.717, 1.165) is 11.6 Å². The molecular formula is C19H19F3N2O4S. The summed E-state index contributed by atoms with van der Waals surface area (Å²) >= 11 is 1.52. The minimum absolute atomic E-state index is 0.0666. The first kappa shape index (κ1) is 21.0. The maximum Gasteiger partial charge on any atom is 0.573 e. The van der Waals surface area contributed by atoms with Crippen molar-refractivity contribution in [2.24, 2.45) is 0 Å². The number of halogens is 3. The van der Waals surface area contributed by atoms with E-state index in [1.165, 1.54) is 49.1 Å². The number of methoxy groups -OCH3 is 2. The lowest BCUT2D eigenvalue weighted by molar-refractivity contribution is -0.274. The van der Waals surface area contributed by atoms with E-state index in [4.69, 9.17) is 9.47 Å². The number of hydrogen-bond acceptors (Lipinski definition) is 5. The molecule has 6 nitrogen and oxygen atoms in total. The number of urea groups is 1. The average Bonchev–Trinajstić information content (AvgIpc) is 3.17. The Morgan fingerprint density at radius 3 is 2.59 bits per heavy atom. The summed E-state index contributed by atoms with van der Waals surface area (Å²) in [5, 5.41) is 2.14. The lowest BCUT2D eigenvalue weighted by Gasteiger charge is -2.26. The number of carbonyl (C=O) groups is 1. The van der Waals surface area contributed by atoms with E-state index in [0.29, 0.717) is 23.8 Å². The molecule has 2 aromatic carbocycles. The van der Waals surface area contributed by atoms with E-state index in [9.17, 15) is 18.0 Å². The van der Waals surface area contributed by atoms with Crippen molar-refractivity contribution >= 4 is 23.5 Å². The van der Waals surface area contributed by atoms with Crippen molar-refractivity contribution in [3.05, 3.63) is 48.0 Å². The van der Waals surface area contributed by atoms with Gasteiger partial charge in [0, 0.05) is 17.9 Å². The maximum atomic E-state index is 12.9. The van der Waals surface area contributed by atoms with E-state index >= 15 is 0 Å². The monoisotopic (exact) mass is 428 g/mol. The molecule has 1 aliphatic heterocycles. The zero-order chi connectivity index (χ0) is 21.0. The van der Waals surface area contributed by atoms with E-state index in [1.807, 2.05) is 0 Å². The first-order chi connectivity index (χ1) is 13.8. The minimum atomic E-state index is -4.86. The second-order valence-electron chi connectivity index (χ2n) is 6.00. The lowest BCUT2D eigenvalue weighted by atomic mass is 10.1. The number of nitrogens with zero attached hydrogens (tertiary/aromatic N) is 1. The van der Waals surface area contributed by atoms with Crippen LogP contribution in [-0.4, -0.2) is 43.8 Å². The number of ether oxygens (including phenoxy) is 3. The molecule has 0 aliphatic carbocycles. The Bertz CT molecular complexity index is 879. The van der Waals surface area contributed by atoms with E-state index < -0.39 is 18.1 Å². The standard InChI is InChI=1S/C19H19F3N2O4S/c1-26-12-7-8-15(27-2)13(11-12)17-24(9-10-29-17)18(25)23-14-5-3-4-6-16(14)28-19(20,21)22/h3-8,11,17H,9-10H2,1-2H3,(H,23,25). The third kappa shape index (κ3) is 5.00. The highest BCUT2D eigenvalue weighted by Crippen LogP contribution is 2.43. The first-order valence-electron chi connectivity index (χ1n) is 8.58. The predicted octanol–water partition coefficient (Wildman–Crippen LogP) is 4.88. The van der Waals surface area contributed by atoms with E-state index in [2.05, 4.69) is 10.1 Å². The summed E-state index contributed by atoms with van der Waals surface area (Å²) in [7, 11) is 3.06. The van der Waals surface area contributed by atoms with Crippen LogP contribution in [-0.2, 0) is 0 Å². The Kier molecular flexibility index (Phi) is 6.31. The molecule has 1 heterocycles. The van der Waals surface area contributed by atoms with Crippen molar-refractivity contribution in [1.82, 2.24) is 4.90 Å². The fourth-order valence-corrected chi connectivity index (χ4v) is 4.21. The normalized spacial score (nSPS) is 16.4. The molecule has 3 rings (SSSR count). The third-order valence-electron chi connectivity index (χ3n) is 4.21. The van der Waals surface area contributed by atoms with Crippen LogP contribution in [0.2, 0.25) is 0 Å². The molecule has 1 aliphatic rings. The van der Waals surface area contributed by atoms with Crippen LogP contribution in [0.15, 0.2) is 42.5 Å². The van der Waals surface area contributed by atoms with Gasteiger partial charge in [-0.05, 0) is 30.3 Å². The highest BCUT2D eigenvalue weighted by atomic mass is 32.2. The van der Waals surface area contributed by atoms with Gasteiger partial charge in [0.15, 0.2) is 5.75 Å². The Hall–Kier alpha value is -2.75. The van der Waals surface area contributed by atoms with Gasteiger partial charge in [0.05, 0.1) is 19.9 Å². The molecule has 10 heteroatoms. The molecule has 2 aromatic rings.